The summed E-state index contributed by atoms with van der Waals surface area (Å²) in [5.74, 6) is 0. The van der Waals surface area contributed by atoms with Crippen LogP contribution in [0.4, 0.5) is 0 Å². The quantitative estimate of drug-likeness (QED) is 0.589. The smallest absolute Gasteiger partial charge is 0.0244 e. The van der Waals surface area contributed by atoms with Crippen molar-refractivity contribution in [2.75, 3.05) is 0 Å². The van der Waals surface area contributed by atoms with Gasteiger partial charge in [-0.15, -0.1) is 6.58 Å². The van der Waals surface area contributed by atoms with Crippen molar-refractivity contribution in [3.8, 4) is 0 Å². The van der Waals surface area contributed by atoms with Crippen LogP contribution in [0, 0.1) is 0 Å². The summed E-state index contributed by atoms with van der Waals surface area (Å²) < 4.78 is 0. The average Bonchev–Trinajstić information content (AvgIpc) is 2.15. The molecule has 0 bridgehead atoms. The summed E-state index contributed by atoms with van der Waals surface area (Å²) in [6.45, 7) is 7.43. The van der Waals surface area contributed by atoms with Crippen molar-refractivity contribution < 1.29 is 0 Å². The van der Waals surface area contributed by atoms with Crippen LogP contribution in [0.1, 0.15) is 17.5 Å². The molecule has 0 spiro atoms. The van der Waals surface area contributed by atoms with E-state index in [-0.39, 0.29) is 0 Å². The molecule has 1 rings (SSSR count). The molecule has 1 aromatic carbocycles. The number of hydrogen-bond donors (Lipinski definition) is 0. The molecule has 1 aromatic rings. The molecule has 0 saturated carbocycles. The highest BCUT2D eigenvalue weighted by Gasteiger charge is 1.91. The van der Waals surface area contributed by atoms with E-state index < -0.39 is 0 Å². The van der Waals surface area contributed by atoms with E-state index in [9.17, 15) is 0 Å². The van der Waals surface area contributed by atoms with Gasteiger partial charge in [-0.3, -0.25) is 0 Å². The van der Waals surface area contributed by atoms with E-state index >= 15 is 0 Å². The second kappa shape index (κ2) is 4.55. The molecule has 0 aliphatic heterocycles. The zero-order valence-corrected chi connectivity index (χ0v) is 7.29. The van der Waals surface area contributed by atoms with Gasteiger partial charge in [0.05, 0.1) is 0 Å². The lowest BCUT2D eigenvalue weighted by Gasteiger charge is -1.99. The largest absolute Gasteiger partial charge is 0.103 e. The van der Waals surface area contributed by atoms with E-state index in [1.165, 1.54) is 11.1 Å². The van der Waals surface area contributed by atoms with Gasteiger partial charge in [0.1, 0.15) is 0 Å². The fourth-order valence-corrected chi connectivity index (χ4v) is 1.14. The van der Waals surface area contributed by atoms with Crippen molar-refractivity contribution >= 4 is 6.08 Å². The maximum absolute atomic E-state index is 3.73. The molecule has 0 fully saturated rings. The molecule has 0 N–H and O–H groups in total. The van der Waals surface area contributed by atoms with Gasteiger partial charge in [-0.1, -0.05) is 43.0 Å². The summed E-state index contributed by atoms with van der Waals surface area (Å²) in [5.41, 5.74) is 2.55. The minimum absolute atomic E-state index is 1.04. The van der Waals surface area contributed by atoms with E-state index in [0.717, 1.165) is 12.8 Å². The Labute approximate surface area is 74.2 Å². The Morgan fingerprint density at radius 3 is 2.75 bits per heavy atom. The molecule has 0 atom stereocenters. The van der Waals surface area contributed by atoms with Gasteiger partial charge in [0.25, 0.3) is 0 Å². The standard InChI is InChI=1S/C12H14/c1-3-5-7-12-9-6-8-11(4-2)10-12/h3-4,6,8-10H,1-2,5,7H2. The van der Waals surface area contributed by atoms with E-state index in [1.54, 1.807) is 0 Å². The second-order valence-corrected chi connectivity index (χ2v) is 2.78. The SMILES string of the molecule is C=CCCc1cccc(C=C)c1. The Morgan fingerprint density at radius 2 is 2.08 bits per heavy atom. The average molecular weight is 158 g/mol. The molecule has 0 heteroatoms. The van der Waals surface area contributed by atoms with Crippen molar-refractivity contribution in [2.24, 2.45) is 0 Å². The monoisotopic (exact) mass is 158 g/mol. The molecule has 0 aromatic heterocycles. The van der Waals surface area contributed by atoms with Crippen LogP contribution >= 0.6 is 0 Å². The Balaban J connectivity index is 2.72. The molecule has 0 unspecified atom stereocenters. The third kappa shape index (κ3) is 2.39. The summed E-state index contributed by atoms with van der Waals surface area (Å²) in [6.07, 6.45) is 5.93. The Bertz CT molecular complexity index is 271. The minimum Gasteiger partial charge on any atom is -0.103 e. The lowest BCUT2D eigenvalue weighted by molar-refractivity contribution is 1.00. The Hall–Kier alpha value is -1.30. The molecule has 0 saturated heterocycles. The molecule has 0 aliphatic carbocycles. The van der Waals surface area contributed by atoms with Gasteiger partial charge in [-0.25, -0.2) is 0 Å². The van der Waals surface area contributed by atoms with Crippen molar-refractivity contribution in [2.45, 2.75) is 12.8 Å². The predicted molar refractivity (Wildman–Crippen MR) is 55.1 cm³/mol. The summed E-state index contributed by atoms with van der Waals surface area (Å²) in [5, 5.41) is 0. The van der Waals surface area contributed by atoms with Crippen LogP contribution in [0.2, 0.25) is 0 Å². The zero-order valence-electron chi connectivity index (χ0n) is 7.29. The van der Waals surface area contributed by atoms with E-state index in [1.807, 2.05) is 12.2 Å². The Kier molecular flexibility index (Phi) is 3.34. The van der Waals surface area contributed by atoms with Gasteiger partial charge < -0.3 is 0 Å². The van der Waals surface area contributed by atoms with Crippen LogP contribution in [-0.2, 0) is 6.42 Å². The molecule has 0 radical (unpaired) electrons. The molecule has 0 amide bonds. The molecule has 62 valence electrons. The van der Waals surface area contributed by atoms with Crippen LogP contribution in [-0.4, -0.2) is 0 Å². The second-order valence-electron chi connectivity index (χ2n) is 2.78. The fourth-order valence-electron chi connectivity index (χ4n) is 1.14. The third-order valence-corrected chi connectivity index (χ3v) is 1.82. The first-order valence-electron chi connectivity index (χ1n) is 4.19. The van der Waals surface area contributed by atoms with Crippen molar-refractivity contribution in [3.05, 3.63) is 54.6 Å². The number of hydrogen-bond acceptors (Lipinski definition) is 0. The highest BCUT2D eigenvalue weighted by atomic mass is 14.0. The van der Waals surface area contributed by atoms with Crippen LogP contribution in [0.25, 0.3) is 6.08 Å². The first-order chi connectivity index (χ1) is 5.86. The third-order valence-electron chi connectivity index (χ3n) is 1.82. The summed E-state index contributed by atoms with van der Waals surface area (Å²) in [7, 11) is 0. The van der Waals surface area contributed by atoms with Crippen molar-refractivity contribution in [3.63, 3.8) is 0 Å². The van der Waals surface area contributed by atoms with Gasteiger partial charge in [-0.2, -0.15) is 0 Å². The number of aryl methyl sites for hydroxylation is 1. The van der Waals surface area contributed by atoms with Crippen LogP contribution in [0.5, 0.6) is 0 Å². The van der Waals surface area contributed by atoms with E-state index in [2.05, 4.69) is 37.4 Å². The van der Waals surface area contributed by atoms with Gasteiger partial charge >= 0.3 is 0 Å². The molecular formula is C12H14. The van der Waals surface area contributed by atoms with Crippen LogP contribution in [0.15, 0.2) is 43.5 Å². The number of benzene rings is 1. The summed E-state index contributed by atoms with van der Waals surface area (Å²) in [4.78, 5) is 0. The predicted octanol–water partition coefficient (Wildman–Crippen LogP) is 3.45. The topological polar surface area (TPSA) is 0 Å². The first kappa shape index (κ1) is 8.79. The molecular weight excluding hydrogens is 144 g/mol. The number of rotatable bonds is 4. The highest BCUT2D eigenvalue weighted by Crippen LogP contribution is 2.08. The van der Waals surface area contributed by atoms with Crippen LogP contribution in [0.3, 0.4) is 0 Å². The summed E-state index contributed by atoms with van der Waals surface area (Å²) >= 11 is 0. The normalized spacial score (nSPS) is 9.33. The fraction of sp³-hybridized carbons (Fsp3) is 0.167. The molecule has 0 nitrogen and oxygen atoms in total. The van der Waals surface area contributed by atoms with E-state index in [0.29, 0.717) is 0 Å². The van der Waals surface area contributed by atoms with Gasteiger partial charge in [0.15, 0.2) is 0 Å². The lowest BCUT2D eigenvalue weighted by Crippen LogP contribution is -1.83. The molecule has 12 heavy (non-hydrogen) atoms. The maximum Gasteiger partial charge on any atom is -0.0244 e. The highest BCUT2D eigenvalue weighted by molar-refractivity contribution is 5.47. The lowest BCUT2D eigenvalue weighted by atomic mass is 10.1. The zero-order chi connectivity index (χ0) is 8.81. The van der Waals surface area contributed by atoms with E-state index in [4.69, 9.17) is 0 Å². The first-order valence-corrected chi connectivity index (χ1v) is 4.19. The number of allylic oxidation sites excluding steroid dienone is 1. The summed E-state index contributed by atoms with van der Waals surface area (Å²) in [6, 6.07) is 8.42. The van der Waals surface area contributed by atoms with Crippen molar-refractivity contribution in [1.29, 1.82) is 0 Å². The van der Waals surface area contributed by atoms with Gasteiger partial charge in [-0.05, 0) is 24.0 Å². The molecule has 0 heterocycles. The van der Waals surface area contributed by atoms with Crippen molar-refractivity contribution in [1.82, 2.24) is 0 Å². The van der Waals surface area contributed by atoms with Gasteiger partial charge in [0, 0.05) is 0 Å². The maximum atomic E-state index is 3.73. The van der Waals surface area contributed by atoms with Crippen LogP contribution < -0.4 is 0 Å². The Morgan fingerprint density at radius 1 is 1.25 bits per heavy atom. The van der Waals surface area contributed by atoms with Gasteiger partial charge in [0.2, 0.25) is 0 Å². The molecule has 0 aliphatic rings. The minimum atomic E-state index is 1.04.